The Morgan fingerprint density at radius 2 is 1.56 bits per heavy atom. The monoisotopic (exact) mass is 465 g/mol. The summed E-state index contributed by atoms with van der Waals surface area (Å²) in [5.74, 6) is 0.0817. The lowest BCUT2D eigenvalue weighted by Gasteiger charge is -2.35. The van der Waals surface area contributed by atoms with Gasteiger partial charge in [0.05, 0.1) is 6.04 Å². The van der Waals surface area contributed by atoms with Crippen LogP contribution < -0.4 is 5.73 Å². The molecule has 7 nitrogen and oxygen atoms in total. The average molecular weight is 466 g/mol. The second-order valence-electron chi connectivity index (χ2n) is 9.03. The first-order chi connectivity index (χ1) is 16.2. The largest absolute Gasteiger partial charge is 0.384 e. The van der Waals surface area contributed by atoms with Crippen LogP contribution in [0.15, 0.2) is 48.5 Å². The van der Waals surface area contributed by atoms with Gasteiger partial charge in [0, 0.05) is 24.4 Å². The molecule has 0 saturated carbocycles. The van der Waals surface area contributed by atoms with Gasteiger partial charge in [-0.1, -0.05) is 89.6 Å². The molecule has 0 aliphatic heterocycles. The molecule has 184 valence electrons. The van der Waals surface area contributed by atoms with Crippen molar-refractivity contribution in [3.05, 3.63) is 59.7 Å². The first kappa shape index (κ1) is 28.7. The average Bonchev–Trinajstić information content (AvgIpc) is 2.83. The fraction of sp³-hybridized carbons (Fsp3) is 0.444. The van der Waals surface area contributed by atoms with E-state index in [0.29, 0.717) is 18.5 Å². The summed E-state index contributed by atoms with van der Waals surface area (Å²) in [5, 5.41) is 7.83. The number of carbonyl (C=O) groups is 2. The Bertz CT molecular complexity index is 954. The summed E-state index contributed by atoms with van der Waals surface area (Å²) in [6, 6.07) is 15.1. The number of nitrogens with two attached hydrogens (primary N) is 1. The predicted octanol–water partition coefficient (Wildman–Crippen LogP) is 6.00. The molecule has 1 unspecified atom stereocenters. The fourth-order valence-corrected chi connectivity index (χ4v) is 3.95. The van der Waals surface area contributed by atoms with E-state index < -0.39 is 6.04 Å². The van der Waals surface area contributed by atoms with Crippen molar-refractivity contribution in [2.75, 3.05) is 0 Å². The third-order valence-corrected chi connectivity index (χ3v) is 5.73. The molecule has 0 radical (unpaired) electrons. The van der Waals surface area contributed by atoms with Gasteiger partial charge in [-0.3, -0.25) is 15.0 Å². The zero-order valence-electron chi connectivity index (χ0n) is 21.0. The maximum Gasteiger partial charge on any atom is 0.223 e. The van der Waals surface area contributed by atoms with Crippen molar-refractivity contribution in [2.24, 2.45) is 17.6 Å². The van der Waals surface area contributed by atoms with Gasteiger partial charge >= 0.3 is 0 Å². The van der Waals surface area contributed by atoms with E-state index in [0.717, 1.165) is 29.5 Å². The van der Waals surface area contributed by atoms with Gasteiger partial charge in [0.2, 0.25) is 5.91 Å². The van der Waals surface area contributed by atoms with E-state index in [1.165, 1.54) is 0 Å². The predicted molar refractivity (Wildman–Crippen MR) is 137 cm³/mol. The number of hydrogen-bond donors (Lipinski definition) is 4. The Hall–Kier alpha value is -3.35. The van der Waals surface area contributed by atoms with Crippen molar-refractivity contribution in [2.45, 2.75) is 66.5 Å². The number of ketones is 1. The highest BCUT2D eigenvalue weighted by Crippen LogP contribution is 2.26. The Labute approximate surface area is 203 Å². The minimum Gasteiger partial charge on any atom is -0.384 e. The first-order valence-electron chi connectivity index (χ1n) is 11.8. The van der Waals surface area contributed by atoms with Crippen LogP contribution in [0.1, 0.15) is 65.0 Å². The van der Waals surface area contributed by atoms with E-state index >= 15 is 0 Å². The first-order valence-corrected chi connectivity index (χ1v) is 11.8. The number of hydrogen-bond acceptors (Lipinski definition) is 5. The van der Waals surface area contributed by atoms with Crippen LogP contribution in [0.2, 0.25) is 0 Å². The van der Waals surface area contributed by atoms with E-state index in [-0.39, 0.29) is 29.4 Å². The second kappa shape index (κ2) is 14.0. The van der Waals surface area contributed by atoms with Gasteiger partial charge in [0.25, 0.3) is 0 Å². The van der Waals surface area contributed by atoms with Crippen LogP contribution in [-0.2, 0) is 16.1 Å². The molecule has 34 heavy (non-hydrogen) atoms. The zero-order valence-corrected chi connectivity index (χ0v) is 21.0. The summed E-state index contributed by atoms with van der Waals surface area (Å²) in [7, 11) is 0. The summed E-state index contributed by atoms with van der Waals surface area (Å²) in [4.78, 5) is 27.9. The highest BCUT2D eigenvalue weighted by molar-refractivity contribution is 6.01. The molecule has 2 rings (SSSR count). The number of unbranched alkanes of at least 4 members (excludes halogenated alkanes) is 1. The topological polar surface area (TPSA) is 135 Å². The molecular formula is C27H39N5O2. The lowest BCUT2D eigenvalue weighted by atomic mass is 9.90. The normalized spacial score (nSPS) is 11.5. The molecule has 5 N–H and O–H groups in total. The van der Waals surface area contributed by atoms with E-state index in [4.69, 9.17) is 22.2 Å². The number of nitrogens with zero attached hydrogens (tertiary/aromatic N) is 1. The summed E-state index contributed by atoms with van der Waals surface area (Å²) in [6.07, 6.45) is 2.21. The molecule has 0 aliphatic carbocycles. The van der Waals surface area contributed by atoms with Crippen LogP contribution in [0.5, 0.6) is 0 Å². The zero-order chi connectivity index (χ0) is 25.8. The van der Waals surface area contributed by atoms with Crippen LogP contribution in [0, 0.1) is 28.3 Å². The summed E-state index contributed by atoms with van der Waals surface area (Å²) < 4.78 is 0. The second-order valence-corrected chi connectivity index (χ2v) is 9.03. The standard InChI is InChI=1S/C27H37N3O2.H2N2/c1-6-7-12-24(31)30(25(18(2)3)26(32)19(4)5)17-20-13-15-21(16-14-20)22-10-8-9-11-23(22)27(28)29;1-2/h8-11,13-16,18-19,25H,6-7,12,17H2,1-5H3,(H3,28,29);1-2H. The van der Waals surface area contributed by atoms with Crippen LogP contribution in [-0.4, -0.2) is 28.5 Å². The van der Waals surface area contributed by atoms with Crippen LogP contribution in [0.3, 0.4) is 0 Å². The molecule has 1 amide bonds. The van der Waals surface area contributed by atoms with E-state index in [9.17, 15) is 9.59 Å². The Morgan fingerprint density at radius 3 is 2.06 bits per heavy atom. The van der Waals surface area contributed by atoms with Crippen LogP contribution in [0.25, 0.3) is 11.1 Å². The summed E-state index contributed by atoms with van der Waals surface area (Å²) in [6.45, 7) is 10.3. The van der Waals surface area contributed by atoms with Gasteiger partial charge in [-0.15, -0.1) is 0 Å². The molecule has 0 bridgehead atoms. The lowest BCUT2D eigenvalue weighted by molar-refractivity contribution is -0.143. The molecule has 0 spiro atoms. The smallest absolute Gasteiger partial charge is 0.223 e. The minimum absolute atomic E-state index is 0.0318. The molecule has 0 aromatic heterocycles. The molecule has 0 heterocycles. The van der Waals surface area contributed by atoms with Crippen LogP contribution >= 0.6 is 0 Å². The number of Topliss-reactive ketones (excluding diaryl/α,β-unsaturated/α-hetero) is 1. The minimum atomic E-state index is -0.433. The van der Waals surface area contributed by atoms with Gasteiger partial charge in [-0.25, -0.2) is 11.1 Å². The Morgan fingerprint density at radius 1 is 0.971 bits per heavy atom. The summed E-state index contributed by atoms with van der Waals surface area (Å²) in [5.41, 5.74) is 19.3. The van der Waals surface area contributed by atoms with Gasteiger partial charge in [-0.05, 0) is 29.0 Å². The number of nitrogen functional groups attached to an aromatic ring is 1. The Kier molecular flexibility index (Phi) is 11.8. The van der Waals surface area contributed by atoms with Crippen molar-refractivity contribution in [3.8, 4) is 11.1 Å². The quantitative estimate of drug-likeness (QED) is 0.184. The maximum atomic E-state index is 13.1. The molecule has 2 aromatic carbocycles. The SMILES string of the molecule is CCCCC(=O)N(Cc1ccc(-c2ccccc2C(=N)N)cc1)C(C(=O)C(C)C)C(C)C.N=N. The molecular weight excluding hydrogens is 426 g/mol. The number of amides is 1. The highest BCUT2D eigenvalue weighted by Gasteiger charge is 2.33. The van der Waals surface area contributed by atoms with Crippen molar-refractivity contribution < 1.29 is 9.59 Å². The highest BCUT2D eigenvalue weighted by atomic mass is 16.2. The third-order valence-electron chi connectivity index (χ3n) is 5.73. The number of amidine groups is 1. The fourth-order valence-electron chi connectivity index (χ4n) is 3.95. The number of rotatable bonds is 11. The molecule has 0 saturated heterocycles. The van der Waals surface area contributed by atoms with Crippen molar-refractivity contribution in [1.82, 2.24) is 4.90 Å². The number of carbonyl (C=O) groups excluding carboxylic acids is 2. The van der Waals surface area contributed by atoms with Gasteiger partial charge in [0.1, 0.15) is 5.84 Å². The Balaban J connectivity index is 0.00000281. The van der Waals surface area contributed by atoms with Gasteiger partial charge < -0.3 is 10.6 Å². The van der Waals surface area contributed by atoms with E-state index in [2.05, 4.69) is 6.92 Å². The molecule has 1 atom stereocenters. The van der Waals surface area contributed by atoms with Crippen molar-refractivity contribution >= 4 is 17.5 Å². The number of benzene rings is 2. The molecule has 7 heteroatoms. The summed E-state index contributed by atoms with van der Waals surface area (Å²) >= 11 is 0. The molecule has 0 aliphatic rings. The number of nitrogens with one attached hydrogen (secondary N) is 3. The maximum absolute atomic E-state index is 13.1. The van der Waals surface area contributed by atoms with E-state index in [1.54, 1.807) is 4.90 Å². The van der Waals surface area contributed by atoms with Crippen LogP contribution in [0.4, 0.5) is 0 Å². The molecule has 2 aromatic rings. The van der Waals surface area contributed by atoms with E-state index in [1.807, 2.05) is 76.2 Å². The third kappa shape index (κ3) is 7.61. The van der Waals surface area contributed by atoms with Gasteiger partial charge in [0.15, 0.2) is 5.78 Å². The van der Waals surface area contributed by atoms with Crippen molar-refractivity contribution in [3.63, 3.8) is 0 Å². The van der Waals surface area contributed by atoms with Crippen molar-refractivity contribution in [1.29, 1.82) is 16.5 Å². The molecule has 0 fully saturated rings. The lowest BCUT2D eigenvalue weighted by Crippen LogP contribution is -2.49. The van der Waals surface area contributed by atoms with Gasteiger partial charge in [-0.2, -0.15) is 0 Å².